The normalized spacial score (nSPS) is 12.7. The van der Waals surface area contributed by atoms with Gasteiger partial charge in [0.25, 0.3) is 5.56 Å². The van der Waals surface area contributed by atoms with Crippen molar-refractivity contribution in [3.8, 4) is 22.5 Å². The summed E-state index contributed by atoms with van der Waals surface area (Å²) < 4.78 is 8.23. The third kappa shape index (κ3) is 6.97. The quantitative estimate of drug-likeness (QED) is 0.160. The molecule has 0 saturated heterocycles. The van der Waals surface area contributed by atoms with Crippen molar-refractivity contribution in [1.82, 2.24) is 29.3 Å². The molecule has 0 amide bonds. The van der Waals surface area contributed by atoms with Crippen LogP contribution in [0, 0.1) is 12.3 Å². The minimum Gasteiger partial charge on any atom is -0.390 e. The van der Waals surface area contributed by atoms with Crippen molar-refractivity contribution in [3.63, 3.8) is 0 Å². The van der Waals surface area contributed by atoms with E-state index in [0.29, 0.717) is 35.8 Å². The Hall–Kier alpha value is -4.80. The van der Waals surface area contributed by atoms with Gasteiger partial charge in [-0.3, -0.25) is 18.9 Å². The molecule has 11 nitrogen and oxygen atoms in total. The molecule has 2 aromatic carbocycles. The van der Waals surface area contributed by atoms with Gasteiger partial charge < -0.3 is 4.84 Å². The van der Waals surface area contributed by atoms with Crippen LogP contribution in [-0.2, 0) is 24.2 Å². The van der Waals surface area contributed by atoms with Gasteiger partial charge in [-0.1, -0.05) is 93.0 Å². The van der Waals surface area contributed by atoms with E-state index in [9.17, 15) is 9.59 Å². The topological polar surface area (TPSA) is 133 Å². The van der Waals surface area contributed by atoms with Crippen LogP contribution in [0.4, 0.5) is 0 Å². The molecule has 3 heterocycles. The highest BCUT2D eigenvalue weighted by molar-refractivity contribution is 5.89. The van der Waals surface area contributed by atoms with E-state index < -0.39 is 11.4 Å². The fraction of sp³-hybridized carbons (Fsp3) is 0.412. The highest BCUT2D eigenvalue weighted by Crippen LogP contribution is 2.30. The van der Waals surface area contributed by atoms with Crippen LogP contribution in [0.2, 0.25) is 0 Å². The second kappa shape index (κ2) is 12.3. The van der Waals surface area contributed by atoms with E-state index >= 15 is 0 Å². The van der Waals surface area contributed by atoms with Gasteiger partial charge in [-0.2, -0.15) is 10.1 Å². The molecule has 0 atom stereocenters. The molecule has 5 aromatic rings. The van der Waals surface area contributed by atoms with Crippen LogP contribution in [0.5, 0.6) is 0 Å². The van der Waals surface area contributed by atoms with Crippen molar-refractivity contribution in [3.05, 3.63) is 92.1 Å². The fourth-order valence-electron chi connectivity index (χ4n) is 5.12. The largest absolute Gasteiger partial charge is 0.439 e. The summed E-state index contributed by atoms with van der Waals surface area (Å²) in [4.78, 5) is 39.1. The predicted octanol–water partition coefficient (Wildman–Crippen LogP) is 5.97. The van der Waals surface area contributed by atoms with Crippen molar-refractivity contribution in [1.29, 1.82) is 0 Å². The van der Waals surface area contributed by atoms with Crippen LogP contribution >= 0.6 is 0 Å². The zero-order chi connectivity index (χ0) is 32.5. The van der Waals surface area contributed by atoms with Crippen LogP contribution < -0.4 is 11.3 Å². The van der Waals surface area contributed by atoms with Crippen molar-refractivity contribution in [2.75, 3.05) is 0 Å². The van der Waals surface area contributed by atoms with Gasteiger partial charge in [0.15, 0.2) is 5.82 Å². The van der Waals surface area contributed by atoms with E-state index in [1.807, 2.05) is 80.7 Å². The van der Waals surface area contributed by atoms with E-state index in [4.69, 9.17) is 14.5 Å². The van der Waals surface area contributed by atoms with Gasteiger partial charge in [0.2, 0.25) is 5.78 Å². The SMILES string of the molecule is CCCc1c(Cc2ccc(-c3ccccc3-c3noc(=O)[nH]3)cc2)c(=O)n(CC(=NOC(C)(C)C)C(C)(C)C)c2nc(C)nn12. The molecule has 1 N–H and O–H groups in total. The lowest BCUT2D eigenvalue weighted by Gasteiger charge is -2.25. The lowest BCUT2D eigenvalue weighted by Crippen LogP contribution is -2.35. The van der Waals surface area contributed by atoms with Crippen LogP contribution in [0.15, 0.2) is 67.8 Å². The highest BCUT2D eigenvalue weighted by Gasteiger charge is 2.26. The number of aromatic nitrogens is 6. The van der Waals surface area contributed by atoms with Gasteiger partial charge >= 0.3 is 5.76 Å². The molecule has 3 aromatic heterocycles. The molecule has 5 rings (SSSR count). The molecule has 0 saturated carbocycles. The second-order valence-electron chi connectivity index (χ2n) is 13.3. The van der Waals surface area contributed by atoms with Crippen molar-refractivity contribution < 1.29 is 9.36 Å². The number of fused-ring (bicyclic) bond motifs is 1. The standard InChI is InChI=1S/C34H41N7O4/c1-9-12-27-26(19-22-15-17-23(18-16-22)24-13-10-11-14-25(24)29-36-32(43)44-39-29)30(42)40(31-35-21(2)37-41(27)31)20-28(33(3,4)5)38-45-34(6,7)8/h10-11,13-18H,9,12,19-20H2,1-8H3,(H,36,39,43). The number of rotatable bonds is 9. The number of hydrogen-bond acceptors (Lipinski definition) is 8. The predicted molar refractivity (Wildman–Crippen MR) is 175 cm³/mol. The Kier molecular flexibility index (Phi) is 8.64. The van der Waals surface area contributed by atoms with E-state index in [-0.39, 0.29) is 17.5 Å². The average Bonchev–Trinajstić information content (AvgIpc) is 3.58. The molecular weight excluding hydrogens is 570 g/mol. The molecule has 0 aliphatic rings. The maximum atomic E-state index is 14.4. The molecule has 0 fully saturated rings. The Morgan fingerprint density at radius 2 is 1.69 bits per heavy atom. The number of oxime groups is 1. The van der Waals surface area contributed by atoms with Gasteiger partial charge in [0, 0.05) is 23.0 Å². The van der Waals surface area contributed by atoms with Crippen LogP contribution in [0.25, 0.3) is 28.3 Å². The molecule has 11 heteroatoms. The van der Waals surface area contributed by atoms with Crippen molar-refractivity contribution in [2.45, 2.75) is 86.8 Å². The number of hydrogen-bond donors (Lipinski definition) is 1. The Balaban J connectivity index is 1.58. The average molecular weight is 612 g/mol. The van der Waals surface area contributed by atoms with Crippen LogP contribution in [0.1, 0.15) is 77.5 Å². The van der Waals surface area contributed by atoms with E-state index in [0.717, 1.165) is 40.1 Å². The Labute approximate surface area is 262 Å². The summed E-state index contributed by atoms with van der Waals surface area (Å²) in [5.74, 6) is 0.849. The minimum atomic E-state index is -0.606. The fourth-order valence-corrected chi connectivity index (χ4v) is 5.12. The van der Waals surface area contributed by atoms with Gasteiger partial charge in [-0.25, -0.2) is 9.31 Å². The number of aryl methyl sites for hydroxylation is 2. The highest BCUT2D eigenvalue weighted by atomic mass is 16.6. The molecule has 45 heavy (non-hydrogen) atoms. The lowest BCUT2D eigenvalue weighted by molar-refractivity contribution is -0.000987. The zero-order valence-corrected chi connectivity index (χ0v) is 27.3. The molecule has 236 valence electrons. The van der Waals surface area contributed by atoms with E-state index in [1.165, 1.54) is 0 Å². The maximum Gasteiger partial charge on any atom is 0.439 e. The number of aromatic amines is 1. The number of nitrogens with one attached hydrogen (secondary N) is 1. The third-order valence-electron chi connectivity index (χ3n) is 7.40. The molecule has 0 bridgehead atoms. The first-order valence-electron chi connectivity index (χ1n) is 15.2. The molecule has 0 spiro atoms. The lowest BCUT2D eigenvalue weighted by atomic mass is 9.90. The molecule has 0 radical (unpaired) electrons. The third-order valence-corrected chi connectivity index (χ3v) is 7.40. The molecular formula is C34H41N7O4. The molecule has 0 unspecified atom stereocenters. The summed E-state index contributed by atoms with van der Waals surface area (Å²) >= 11 is 0. The van der Waals surface area contributed by atoms with Gasteiger partial charge in [0.05, 0.1) is 18.0 Å². The monoisotopic (exact) mass is 611 g/mol. The first kappa shape index (κ1) is 31.6. The summed E-state index contributed by atoms with van der Waals surface area (Å²) in [6.45, 7) is 16.2. The number of benzene rings is 2. The summed E-state index contributed by atoms with van der Waals surface area (Å²) in [5.41, 5.74) is 4.88. The van der Waals surface area contributed by atoms with E-state index in [1.54, 1.807) is 4.57 Å². The maximum absolute atomic E-state index is 14.4. The Morgan fingerprint density at radius 3 is 2.29 bits per heavy atom. The van der Waals surface area contributed by atoms with Gasteiger partial charge in [-0.05, 0) is 50.8 Å². The summed E-state index contributed by atoms with van der Waals surface area (Å²) in [7, 11) is 0. The van der Waals surface area contributed by atoms with Crippen LogP contribution in [-0.4, -0.2) is 40.6 Å². The van der Waals surface area contributed by atoms with Crippen molar-refractivity contribution in [2.24, 2.45) is 10.6 Å². The Morgan fingerprint density at radius 1 is 1.00 bits per heavy atom. The van der Waals surface area contributed by atoms with Gasteiger partial charge in [-0.15, -0.1) is 0 Å². The second-order valence-corrected chi connectivity index (χ2v) is 13.3. The minimum absolute atomic E-state index is 0.115. The zero-order valence-electron chi connectivity index (χ0n) is 27.3. The van der Waals surface area contributed by atoms with Crippen molar-refractivity contribution >= 4 is 11.5 Å². The molecule has 0 aliphatic carbocycles. The summed E-state index contributed by atoms with van der Waals surface area (Å²) in [5, 5.41) is 13.1. The number of H-pyrrole nitrogens is 1. The summed E-state index contributed by atoms with van der Waals surface area (Å²) in [6, 6.07) is 15.7. The first-order chi connectivity index (χ1) is 21.2. The van der Waals surface area contributed by atoms with Gasteiger partial charge in [0.1, 0.15) is 11.4 Å². The smallest absolute Gasteiger partial charge is 0.390 e. The van der Waals surface area contributed by atoms with E-state index in [2.05, 4.69) is 48.0 Å². The first-order valence-corrected chi connectivity index (χ1v) is 15.2. The molecule has 0 aliphatic heterocycles. The number of nitrogens with zero attached hydrogens (tertiary/aromatic N) is 6. The Bertz CT molecular complexity index is 1960. The summed E-state index contributed by atoms with van der Waals surface area (Å²) in [6.07, 6.45) is 1.94. The van der Waals surface area contributed by atoms with Crippen LogP contribution in [0.3, 0.4) is 0 Å².